The lowest BCUT2D eigenvalue weighted by atomic mass is 10.2. The van der Waals surface area contributed by atoms with Crippen molar-refractivity contribution in [2.45, 2.75) is 32.4 Å². The lowest BCUT2D eigenvalue weighted by molar-refractivity contribution is -0.0388. The number of ether oxygens (including phenoxy) is 3. The van der Waals surface area contributed by atoms with Crippen LogP contribution in [0.2, 0.25) is 0 Å². The molecule has 0 unspecified atom stereocenters. The first-order chi connectivity index (χ1) is 9.88. The van der Waals surface area contributed by atoms with E-state index in [0.717, 1.165) is 44.9 Å². The van der Waals surface area contributed by atoms with Crippen LogP contribution in [0.25, 0.3) is 0 Å². The highest BCUT2D eigenvalue weighted by molar-refractivity contribution is 5.27. The minimum atomic E-state index is 0.342. The zero-order chi connectivity index (χ0) is 14.0. The van der Waals surface area contributed by atoms with Gasteiger partial charge in [0.15, 0.2) is 0 Å². The van der Waals surface area contributed by atoms with Crippen molar-refractivity contribution in [1.82, 2.24) is 5.32 Å². The smallest absolute Gasteiger partial charge is 0.119 e. The molecule has 4 heteroatoms. The van der Waals surface area contributed by atoms with Crippen LogP contribution in [0.5, 0.6) is 5.75 Å². The van der Waals surface area contributed by atoms with Crippen LogP contribution in [0.3, 0.4) is 0 Å². The van der Waals surface area contributed by atoms with Crippen LogP contribution in [-0.2, 0) is 16.0 Å². The fourth-order valence-electron chi connectivity index (χ4n) is 2.19. The van der Waals surface area contributed by atoms with Gasteiger partial charge in [-0.15, -0.1) is 0 Å². The van der Waals surface area contributed by atoms with E-state index < -0.39 is 0 Å². The van der Waals surface area contributed by atoms with Crippen LogP contribution >= 0.6 is 0 Å². The van der Waals surface area contributed by atoms with Gasteiger partial charge in [-0.25, -0.2) is 0 Å². The second kappa shape index (κ2) is 8.95. The van der Waals surface area contributed by atoms with Gasteiger partial charge in [0.1, 0.15) is 12.4 Å². The van der Waals surface area contributed by atoms with Gasteiger partial charge in [-0.3, -0.25) is 0 Å². The lowest BCUT2D eigenvalue weighted by Crippen LogP contribution is -2.25. The van der Waals surface area contributed by atoms with E-state index in [2.05, 4.69) is 24.4 Å². The molecule has 112 valence electrons. The minimum absolute atomic E-state index is 0.342. The maximum Gasteiger partial charge on any atom is 0.119 e. The molecule has 1 aromatic rings. The second-order valence-electron chi connectivity index (χ2n) is 4.96. The molecule has 0 saturated carbocycles. The van der Waals surface area contributed by atoms with E-state index in [-0.39, 0.29) is 0 Å². The third kappa shape index (κ3) is 5.49. The Hall–Kier alpha value is -1.10. The predicted octanol–water partition coefficient (Wildman–Crippen LogP) is 2.37. The Morgan fingerprint density at radius 1 is 1.15 bits per heavy atom. The standard InChI is InChI=1S/C16H25NO3/c1-2-17-13-14-3-5-15(6-4-14)19-11-12-20-16-7-9-18-10-8-16/h3-6,16-17H,2,7-13H2,1H3. The third-order valence-corrected chi connectivity index (χ3v) is 3.38. The van der Waals surface area contributed by atoms with Crippen LogP contribution in [0.15, 0.2) is 24.3 Å². The van der Waals surface area contributed by atoms with E-state index in [4.69, 9.17) is 14.2 Å². The predicted molar refractivity (Wildman–Crippen MR) is 79.1 cm³/mol. The summed E-state index contributed by atoms with van der Waals surface area (Å²) in [6.45, 7) is 6.88. The van der Waals surface area contributed by atoms with E-state index in [9.17, 15) is 0 Å². The van der Waals surface area contributed by atoms with Crippen LogP contribution in [-0.4, -0.2) is 39.1 Å². The van der Waals surface area contributed by atoms with Gasteiger partial charge in [0.2, 0.25) is 0 Å². The molecule has 1 aliphatic rings. The molecule has 1 fully saturated rings. The second-order valence-corrected chi connectivity index (χ2v) is 4.96. The quantitative estimate of drug-likeness (QED) is 0.742. The van der Waals surface area contributed by atoms with Gasteiger partial charge in [-0.2, -0.15) is 0 Å². The molecule has 4 nitrogen and oxygen atoms in total. The molecule has 0 amide bonds. The van der Waals surface area contributed by atoms with Crippen LogP contribution in [0.1, 0.15) is 25.3 Å². The molecule has 0 spiro atoms. The normalized spacial score (nSPS) is 16.2. The van der Waals surface area contributed by atoms with Crippen LogP contribution in [0, 0.1) is 0 Å². The molecule has 0 bridgehead atoms. The van der Waals surface area contributed by atoms with Gasteiger partial charge in [0, 0.05) is 19.8 Å². The molecule has 1 aromatic carbocycles. The van der Waals surface area contributed by atoms with Crippen molar-refractivity contribution in [2.24, 2.45) is 0 Å². The Kier molecular flexibility index (Phi) is 6.84. The Labute approximate surface area is 121 Å². The van der Waals surface area contributed by atoms with E-state index in [1.807, 2.05) is 12.1 Å². The van der Waals surface area contributed by atoms with Gasteiger partial charge in [-0.1, -0.05) is 19.1 Å². The van der Waals surface area contributed by atoms with E-state index in [0.29, 0.717) is 19.3 Å². The maximum absolute atomic E-state index is 5.77. The van der Waals surface area contributed by atoms with Gasteiger partial charge < -0.3 is 19.5 Å². The summed E-state index contributed by atoms with van der Waals surface area (Å²) in [6.07, 6.45) is 2.34. The summed E-state index contributed by atoms with van der Waals surface area (Å²) in [5.41, 5.74) is 1.28. The summed E-state index contributed by atoms with van der Waals surface area (Å²) in [5.74, 6) is 0.904. The summed E-state index contributed by atoms with van der Waals surface area (Å²) in [4.78, 5) is 0. The molecule has 2 rings (SSSR count). The Balaban J connectivity index is 1.61. The zero-order valence-corrected chi connectivity index (χ0v) is 12.3. The van der Waals surface area contributed by atoms with Crippen molar-refractivity contribution < 1.29 is 14.2 Å². The summed E-state index contributed by atoms with van der Waals surface area (Å²) < 4.78 is 16.7. The first-order valence-corrected chi connectivity index (χ1v) is 7.50. The Morgan fingerprint density at radius 2 is 1.90 bits per heavy atom. The van der Waals surface area contributed by atoms with E-state index in [1.54, 1.807) is 0 Å². The molecule has 1 aliphatic heterocycles. The SMILES string of the molecule is CCNCc1ccc(OCCOC2CCOCC2)cc1. The average Bonchev–Trinajstić information content (AvgIpc) is 2.52. The molecule has 1 saturated heterocycles. The third-order valence-electron chi connectivity index (χ3n) is 3.38. The largest absolute Gasteiger partial charge is 0.491 e. The first-order valence-electron chi connectivity index (χ1n) is 7.50. The molecule has 0 radical (unpaired) electrons. The van der Waals surface area contributed by atoms with Gasteiger partial charge in [-0.05, 0) is 37.1 Å². The van der Waals surface area contributed by atoms with Gasteiger partial charge in [0.05, 0.1) is 12.7 Å². The van der Waals surface area contributed by atoms with Crippen LogP contribution < -0.4 is 10.1 Å². The fraction of sp³-hybridized carbons (Fsp3) is 0.625. The number of hydrogen-bond acceptors (Lipinski definition) is 4. The lowest BCUT2D eigenvalue weighted by Gasteiger charge is -2.22. The summed E-state index contributed by atoms with van der Waals surface area (Å²) >= 11 is 0. The van der Waals surface area contributed by atoms with Crippen molar-refractivity contribution in [1.29, 1.82) is 0 Å². The highest BCUT2D eigenvalue weighted by atomic mass is 16.5. The van der Waals surface area contributed by atoms with E-state index >= 15 is 0 Å². The summed E-state index contributed by atoms with van der Waals surface area (Å²) in [6, 6.07) is 8.22. The molecule has 0 aliphatic carbocycles. The number of nitrogens with one attached hydrogen (secondary N) is 1. The van der Waals surface area contributed by atoms with Gasteiger partial charge in [0.25, 0.3) is 0 Å². The van der Waals surface area contributed by atoms with Crippen LogP contribution in [0.4, 0.5) is 0 Å². The van der Waals surface area contributed by atoms with Crippen molar-refractivity contribution >= 4 is 0 Å². The zero-order valence-electron chi connectivity index (χ0n) is 12.3. The highest BCUT2D eigenvalue weighted by Gasteiger charge is 2.13. The summed E-state index contributed by atoms with van der Waals surface area (Å²) in [5, 5.41) is 3.30. The molecule has 0 atom stereocenters. The Bertz CT molecular complexity index is 360. The van der Waals surface area contributed by atoms with Crippen molar-refractivity contribution in [3.63, 3.8) is 0 Å². The Morgan fingerprint density at radius 3 is 2.60 bits per heavy atom. The number of hydrogen-bond donors (Lipinski definition) is 1. The minimum Gasteiger partial charge on any atom is -0.491 e. The molecule has 1 heterocycles. The van der Waals surface area contributed by atoms with Crippen molar-refractivity contribution in [3.8, 4) is 5.75 Å². The van der Waals surface area contributed by atoms with Crippen molar-refractivity contribution in [2.75, 3.05) is 33.0 Å². The first kappa shape index (κ1) is 15.3. The number of rotatable bonds is 8. The molecule has 0 aromatic heterocycles. The molecule has 20 heavy (non-hydrogen) atoms. The molecule has 1 N–H and O–H groups in total. The van der Waals surface area contributed by atoms with Gasteiger partial charge >= 0.3 is 0 Å². The van der Waals surface area contributed by atoms with E-state index in [1.165, 1.54) is 5.56 Å². The van der Waals surface area contributed by atoms with Crippen molar-refractivity contribution in [3.05, 3.63) is 29.8 Å². The highest BCUT2D eigenvalue weighted by Crippen LogP contribution is 2.13. The fourth-order valence-corrected chi connectivity index (χ4v) is 2.19. The topological polar surface area (TPSA) is 39.7 Å². The monoisotopic (exact) mass is 279 g/mol. The number of benzene rings is 1. The molecular weight excluding hydrogens is 254 g/mol. The molecular formula is C16H25NO3. The summed E-state index contributed by atoms with van der Waals surface area (Å²) in [7, 11) is 0. The average molecular weight is 279 g/mol. The maximum atomic E-state index is 5.77.